The Hall–Kier alpha value is -1.36. The smallest absolute Gasteiger partial charge is 0.0682 e. The molecular weight excluding hydrogens is 294 g/mol. The summed E-state index contributed by atoms with van der Waals surface area (Å²) < 4.78 is 11.3. The molecule has 1 unspecified atom stereocenters. The Morgan fingerprint density at radius 1 is 1.15 bits per heavy atom. The van der Waals surface area contributed by atoms with Gasteiger partial charge in [-0.1, -0.05) is 29.8 Å². The van der Waals surface area contributed by atoms with Crippen molar-refractivity contribution in [3.05, 3.63) is 58.6 Å². The van der Waals surface area contributed by atoms with Crippen LogP contribution in [0.15, 0.2) is 47.4 Å². The molecule has 0 radical (unpaired) electrons. The van der Waals surface area contributed by atoms with Crippen LogP contribution in [0.5, 0.6) is 0 Å². The summed E-state index contributed by atoms with van der Waals surface area (Å²) >= 11 is 6.10. The molecule has 1 atom stereocenters. The minimum Gasteiger partial charge on any atom is -0.392 e. The molecular formula is C15H16ClNO2S. The first kappa shape index (κ1) is 15.0. The average molecular weight is 310 g/mol. The van der Waals surface area contributed by atoms with Crippen molar-refractivity contribution in [3.63, 3.8) is 0 Å². The van der Waals surface area contributed by atoms with Gasteiger partial charge in [-0.25, -0.2) is 0 Å². The van der Waals surface area contributed by atoms with E-state index in [4.69, 9.17) is 16.7 Å². The first-order valence-corrected chi connectivity index (χ1v) is 8.09. The van der Waals surface area contributed by atoms with E-state index in [-0.39, 0.29) is 6.61 Å². The van der Waals surface area contributed by atoms with Crippen LogP contribution in [-0.4, -0.2) is 15.6 Å². The summed E-state index contributed by atoms with van der Waals surface area (Å²) in [5.74, 6) is 0. The Bertz CT molecular complexity index is 614. The maximum absolute atomic E-state index is 11.3. The Morgan fingerprint density at radius 3 is 2.40 bits per heavy atom. The van der Waals surface area contributed by atoms with Gasteiger partial charge in [0.05, 0.1) is 17.3 Å². The van der Waals surface area contributed by atoms with Gasteiger partial charge in [0.1, 0.15) is 0 Å². The van der Waals surface area contributed by atoms with Crippen LogP contribution in [0.1, 0.15) is 11.1 Å². The summed E-state index contributed by atoms with van der Waals surface area (Å²) in [6, 6.07) is 13.0. The number of hydrogen-bond donors (Lipinski definition) is 2. The molecule has 2 aromatic carbocycles. The third kappa shape index (κ3) is 3.82. The maximum Gasteiger partial charge on any atom is 0.0682 e. The lowest BCUT2D eigenvalue weighted by Crippen LogP contribution is -2.01. The molecule has 106 valence electrons. The quantitative estimate of drug-likeness (QED) is 0.892. The number of rotatable bonds is 5. The van der Waals surface area contributed by atoms with Crippen LogP contribution < -0.4 is 5.32 Å². The second-order valence-corrected chi connectivity index (χ2v) is 6.21. The third-order valence-corrected chi connectivity index (χ3v) is 4.22. The zero-order chi connectivity index (χ0) is 14.5. The Balaban J connectivity index is 2.06. The number of aliphatic hydroxyl groups excluding tert-OH is 1. The van der Waals surface area contributed by atoms with Crippen LogP contribution in [-0.2, 0) is 24.0 Å². The summed E-state index contributed by atoms with van der Waals surface area (Å²) in [6.07, 6.45) is 1.66. The normalized spacial score (nSPS) is 12.2. The van der Waals surface area contributed by atoms with Crippen LogP contribution in [0.4, 0.5) is 5.69 Å². The Kier molecular flexibility index (Phi) is 5.17. The highest BCUT2D eigenvalue weighted by Gasteiger charge is 2.02. The van der Waals surface area contributed by atoms with Gasteiger partial charge < -0.3 is 10.4 Å². The maximum atomic E-state index is 11.3. The molecule has 0 saturated heterocycles. The molecule has 0 saturated carbocycles. The molecule has 0 aliphatic carbocycles. The predicted octanol–water partition coefficient (Wildman–Crippen LogP) is 3.18. The monoisotopic (exact) mass is 309 g/mol. The fourth-order valence-corrected chi connectivity index (χ4v) is 2.51. The van der Waals surface area contributed by atoms with Gasteiger partial charge in [0.2, 0.25) is 0 Å². The van der Waals surface area contributed by atoms with Crippen LogP contribution in [0.25, 0.3) is 0 Å². The van der Waals surface area contributed by atoms with E-state index in [0.29, 0.717) is 11.6 Å². The van der Waals surface area contributed by atoms with E-state index < -0.39 is 10.8 Å². The van der Waals surface area contributed by atoms with Crippen LogP contribution in [0, 0.1) is 0 Å². The number of benzene rings is 2. The summed E-state index contributed by atoms with van der Waals surface area (Å²) in [7, 11) is -0.954. The number of anilines is 1. The summed E-state index contributed by atoms with van der Waals surface area (Å²) in [5, 5.41) is 13.0. The molecule has 0 amide bonds. The molecule has 2 N–H and O–H groups in total. The fraction of sp³-hybridized carbons (Fsp3) is 0.200. The van der Waals surface area contributed by atoms with E-state index in [1.807, 2.05) is 30.3 Å². The van der Waals surface area contributed by atoms with Crippen molar-refractivity contribution < 1.29 is 9.32 Å². The lowest BCUT2D eigenvalue weighted by Gasteiger charge is -2.10. The van der Waals surface area contributed by atoms with Crippen LogP contribution in [0.3, 0.4) is 0 Å². The van der Waals surface area contributed by atoms with Gasteiger partial charge in [-0.15, -0.1) is 0 Å². The van der Waals surface area contributed by atoms with Crippen molar-refractivity contribution in [1.29, 1.82) is 0 Å². The highest BCUT2D eigenvalue weighted by molar-refractivity contribution is 7.84. The van der Waals surface area contributed by atoms with E-state index in [1.165, 1.54) is 0 Å². The highest BCUT2D eigenvalue weighted by Crippen LogP contribution is 2.23. The minimum atomic E-state index is -0.954. The summed E-state index contributed by atoms with van der Waals surface area (Å²) in [4.78, 5) is 0.814. The lowest BCUT2D eigenvalue weighted by atomic mass is 10.2. The number of halogens is 1. The van der Waals surface area contributed by atoms with Crippen LogP contribution in [0.2, 0.25) is 5.02 Å². The molecule has 2 rings (SSSR count). The Morgan fingerprint density at radius 2 is 1.80 bits per heavy atom. The lowest BCUT2D eigenvalue weighted by molar-refractivity contribution is 0.282. The van der Waals surface area contributed by atoms with E-state index in [1.54, 1.807) is 18.4 Å². The summed E-state index contributed by atoms with van der Waals surface area (Å²) in [6.45, 7) is 0.605. The zero-order valence-corrected chi connectivity index (χ0v) is 12.7. The van der Waals surface area contributed by atoms with E-state index in [0.717, 1.165) is 21.7 Å². The molecule has 0 spiro atoms. The molecule has 5 heteroatoms. The second kappa shape index (κ2) is 6.88. The van der Waals surface area contributed by atoms with Crippen molar-refractivity contribution in [3.8, 4) is 0 Å². The van der Waals surface area contributed by atoms with Gasteiger partial charge in [0.25, 0.3) is 0 Å². The van der Waals surface area contributed by atoms with E-state index in [9.17, 15) is 4.21 Å². The highest BCUT2D eigenvalue weighted by atomic mass is 35.5. The molecule has 0 fully saturated rings. The van der Waals surface area contributed by atoms with Crippen molar-refractivity contribution in [2.45, 2.75) is 18.0 Å². The molecule has 0 aromatic heterocycles. The molecule has 20 heavy (non-hydrogen) atoms. The molecule has 0 bridgehead atoms. The minimum absolute atomic E-state index is 0.0111. The largest absolute Gasteiger partial charge is 0.392 e. The standard InChI is InChI=1S/C15H16ClNO2S/c1-20(19)13-5-2-11(3-6-13)9-17-15-8-12(10-18)4-7-14(15)16/h2-8,17-18H,9-10H2,1H3. The van der Waals surface area contributed by atoms with Crippen molar-refractivity contribution in [2.24, 2.45) is 0 Å². The van der Waals surface area contributed by atoms with Gasteiger partial charge in [0.15, 0.2) is 0 Å². The van der Waals surface area contributed by atoms with Gasteiger partial charge in [-0.2, -0.15) is 0 Å². The number of aliphatic hydroxyl groups is 1. The second-order valence-electron chi connectivity index (χ2n) is 4.42. The van der Waals surface area contributed by atoms with Crippen molar-refractivity contribution in [1.82, 2.24) is 0 Å². The molecule has 0 aliphatic rings. The van der Waals surface area contributed by atoms with Gasteiger partial charge in [0, 0.05) is 28.5 Å². The average Bonchev–Trinajstić information content (AvgIpc) is 2.47. The Labute approximate surface area is 126 Å². The zero-order valence-electron chi connectivity index (χ0n) is 11.1. The van der Waals surface area contributed by atoms with E-state index in [2.05, 4.69) is 5.32 Å². The van der Waals surface area contributed by atoms with Crippen LogP contribution >= 0.6 is 11.6 Å². The molecule has 0 aliphatic heterocycles. The topological polar surface area (TPSA) is 49.3 Å². The number of hydrogen-bond acceptors (Lipinski definition) is 3. The first-order valence-electron chi connectivity index (χ1n) is 6.15. The fourth-order valence-electron chi connectivity index (χ4n) is 1.80. The molecule has 3 nitrogen and oxygen atoms in total. The SMILES string of the molecule is CS(=O)c1ccc(CNc2cc(CO)ccc2Cl)cc1. The summed E-state index contributed by atoms with van der Waals surface area (Å²) in [5.41, 5.74) is 2.68. The third-order valence-electron chi connectivity index (χ3n) is 2.95. The van der Waals surface area contributed by atoms with Crippen molar-refractivity contribution >= 4 is 28.1 Å². The number of nitrogens with one attached hydrogen (secondary N) is 1. The molecule has 2 aromatic rings. The molecule has 0 heterocycles. The van der Waals surface area contributed by atoms with Gasteiger partial charge >= 0.3 is 0 Å². The predicted molar refractivity (Wildman–Crippen MR) is 83.5 cm³/mol. The first-order chi connectivity index (χ1) is 9.60. The van der Waals surface area contributed by atoms with Gasteiger partial charge in [-0.3, -0.25) is 4.21 Å². The van der Waals surface area contributed by atoms with Crippen molar-refractivity contribution in [2.75, 3.05) is 11.6 Å². The van der Waals surface area contributed by atoms with E-state index >= 15 is 0 Å². The van der Waals surface area contributed by atoms with Gasteiger partial charge in [-0.05, 0) is 35.4 Å².